The number of pyridine rings is 2. The van der Waals surface area contributed by atoms with Gasteiger partial charge in [-0.25, -0.2) is 4.98 Å². The van der Waals surface area contributed by atoms with Crippen molar-refractivity contribution in [3.05, 3.63) is 186 Å². The van der Waals surface area contributed by atoms with Crippen LogP contribution in [0, 0.1) is 39.8 Å². The fourth-order valence-electron chi connectivity index (χ4n) is 8.16. The number of benzene rings is 7. The summed E-state index contributed by atoms with van der Waals surface area (Å²) in [6.45, 7) is 8.39. The molecule has 0 unspecified atom stereocenters. The van der Waals surface area contributed by atoms with Crippen molar-refractivity contribution < 1.29 is 24.5 Å². The number of furan rings is 1. The Bertz CT molecular complexity index is 3380. The molecule has 0 amide bonds. The van der Waals surface area contributed by atoms with E-state index in [9.17, 15) is 0 Å². The zero-order valence-electron chi connectivity index (χ0n) is 34.0. The summed E-state index contributed by atoms with van der Waals surface area (Å²) in [4.78, 5) is 14.3. The third kappa shape index (κ3) is 6.98. The van der Waals surface area contributed by atoms with Crippen LogP contribution in [0.25, 0.3) is 99.5 Å². The van der Waals surface area contributed by atoms with Crippen LogP contribution in [0.1, 0.15) is 22.4 Å². The fourth-order valence-corrected chi connectivity index (χ4v) is 8.16. The van der Waals surface area contributed by atoms with Crippen LogP contribution in [0.4, 0.5) is 0 Å². The summed E-state index contributed by atoms with van der Waals surface area (Å²) >= 11 is 0. The zero-order valence-corrected chi connectivity index (χ0v) is 36.4. The first-order valence-electron chi connectivity index (χ1n) is 19.9. The van der Waals surface area contributed by atoms with Crippen LogP contribution >= 0.6 is 0 Å². The molecule has 4 aromatic heterocycles. The Hall–Kier alpha value is -6.72. The van der Waals surface area contributed by atoms with Crippen LogP contribution in [0.15, 0.2) is 156 Å². The van der Waals surface area contributed by atoms with Gasteiger partial charge in [0, 0.05) is 49.8 Å². The maximum Gasteiger partial charge on any atom is 0.147 e. The summed E-state index contributed by atoms with van der Waals surface area (Å²) in [5.41, 5.74) is 16.8. The zero-order chi connectivity index (χ0) is 40.2. The van der Waals surface area contributed by atoms with Gasteiger partial charge in [0.15, 0.2) is 0 Å². The average Bonchev–Trinajstić information content (AvgIpc) is 3.82. The predicted octanol–water partition coefficient (Wildman–Crippen LogP) is 13.8. The first-order chi connectivity index (χ1) is 28.8. The van der Waals surface area contributed by atoms with E-state index in [1.54, 1.807) is 0 Å². The molecule has 0 saturated heterocycles. The number of aromatic nitrogens is 4. The van der Waals surface area contributed by atoms with E-state index < -0.39 is 0 Å². The Labute approximate surface area is 362 Å². The van der Waals surface area contributed by atoms with Crippen molar-refractivity contribution in [3.63, 3.8) is 0 Å². The normalized spacial score (nSPS) is 11.3. The number of hydrogen-bond acceptors (Lipinski definition) is 4. The number of fused-ring (bicyclic) bond motifs is 7. The molecule has 60 heavy (non-hydrogen) atoms. The SMILES string of the molecule is Cc1c[c-]c(-c2nc3ccccc3n2C)cc1.Cc1ccc2ccc3c4cc[c-]c(-c5cc(-c6cc7ccc(-c8ccccc8)cc7cc6C)c(C)cn5)c4oc3c2n1.[Ir]. The minimum Gasteiger partial charge on any atom is -0.498 e. The van der Waals surface area contributed by atoms with Gasteiger partial charge < -0.3 is 14.0 Å². The van der Waals surface area contributed by atoms with E-state index in [4.69, 9.17) is 14.4 Å². The maximum absolute atomic E-state index is 6.58. The molecule has 1 radical (unpaired) electrons. The monoisotopic (exact) mass is 953 g/mol. The quantitative estimate of drug-likeness (QED) is 0.165. The number of nitrogens with zero attached hydrogens (tertiary/aromatic N) is 4. The summed E-state index contributed by atoms with van der Waals surface area (Å²) in [6.07, 6.45) is 1.96. The van der Waals surface area contributed by atoms with Crippen molar-refractivity contribution in [1.29, 1.82) is 0 Å². The van der Waals surface area contributed by atoms with E-state index in [1.807, 2.05) is 56.6 Å². The fraction of sp³-hybridized carbons (Fsp3) is 0.0926. The molecule has 0 saturated carbocycles. The molecule has 0 aliphatic heterocycles. The van der Waals surface area contributed by atoms with Crippen LogP contribution in [0.2, 0.25) is 0 Å². The van der Waals surface area contributed by atoms with Gasteiger partial charge in [-0.05, 0) is 101 Å². The summed E-state index contributed by atoms with van der Waals surface area (Å²) in [6, 6.07) is 57.4. The molecule has 0 spiro atoms. The smallest absolute Gasteiger partial charge is 0.147 e. The van der Waals surface area contributed by atoms with Crippen LogP contribution in [0.5, 0.6) is 0 Å². The van der Waals surface area contributed by atoms with Gasteiger partial charge in [0.2, 0.25) is 0 Å². The molecule has 0 atom stereocenters. The van der Waals surface area contributed by atoms with Crippen molar-refractivity contribution in [2.75, 3.05) is 0 Å². The first kappa shape index (κ1) is 38.8. The molecule has 293 valence electrons. The Morgan fingerprint density at radius 2 is 1.37 bits per heavy atom. The standard InChI is InChI=1S/C39H27N2O.C15H13N2.Ir/c1-23-18-30-19-28(26-8-5-4-6-9-26)14-15-29(30)20-34(23)35-21-36(40-22-24(35)2)33-11-7-10-31-32-17-16-27-13-12-25(3)41-37(27)39(32)42-38(31)33;1-11-7-9-12(10-8-11)15-16-13-5-3-4-6-14(13)17(15)2;/h4-10,12-22H,1-3H3;3-9H,1-2H3;/q2*-1;. The first-order valence-corrected chi connectivity index (χ1v) is 19.9. The van der Waals surface area contributed by atoms with E-state index in [2.05, 4.69) is 152 Å². The van der Waals surface area contributed by atoms with Crippen LogP contribution in [-0.4, -0.2) is 19.5 Å². The van der Waals surface area contributed by atoms with Crippen molar-refractivity contribution >= 4 is 54.6 Å². The number of aryl methyl sites for hydroxylation is 5. The molecule has 4 heterocycles. The van der Waals surface area contributed by atoms with Gasteiger partial charge in [-0.2, -0.15) is 0 Å². The Morgan fingerprint density at radius 3 is 2.18 bits per heavy atom. The van der Waals surface area contributed by atoms with E-state index >= 15 is 0 Å². The molecule has 0 bridgehead atoms. The molecule has 5 nitrogen and oxygen atoms in total. The Kier molecular flexibility index (Phi) is 10.2. The molecule has 0 N–H and O–H groups in total. The molecule has 7 aromatic carbocycles. The maximum atomic E-state index is 6.58. The van der Waals surface area contributed by atoms with E-state index in [0.717, 1.165) is 83.3 Å². The number of para-hydroxylation sites is 2. The Balaban J connectivity index is 0.000000215. The van der Waals surface area contributed by atoms with Gasteiger partial charge in [-0.3, -0.25) is 4.98 Å². The summed E-state index contributed by atoms with van der Waals surface area (Å²) in [7, 11) is 2.04. The minimum absolute atomic E-state index is 0. The molecule has 0 aliphatic carbocycles. The van der Waals surface area contributed by atoms with Gasteiger partial charge in [-0.1, -0.05) is 103 Å². The second-order valence-corrected chi connectivity index (χ2v) is 15.4. The summed E-state index contributed by atoms with van der Waals surface area (Å²) in [5, 5.41) is 5.62. The second-order valence-electron chi connectivity index (χ2n) is 15.4. The van der Waals surface area contributed by atoms with Crippen LogP contribution in [-0.2, 0) is 27.2 Å². The molecule has 11 aromatic rings. The molecular weight excluding hydrogens is 913 g/mol. The van der Waals surface area contributed by atoms with Crippen molar-refractivity contribution in [2.24, 2.45) is 7.05 Å². The molecular formula is C54H40IrN4O-2. The number of rotatable bonds is 4. The van der Waals surface area contributed by atoms with Gasteiger partial charge in [-0.15, -0.1) is 53.6 Å². The molecule has 0 aliphatic rings. The van der Waals surface area contributed by atoms with E-state index in [-0.39, 0.29) is 20.1 Å². The molecule has 0 fully saturated rings. The van der Waals surface area contributed by atoms with Crippen LogP contribution < -0.4 is 0 Å². The van der Waals surface area contributed by atoms with Gasteiger partial charge in [0.1, 0.15) is 11.1 Å². The number of imidazole rings is 1. The minimum atomic E-state index is 0. The summed E-state index contributed by atoms with van der Waals surface area (Å²) < 4.78 is 8.69. The third-order valence-corrected chi connectivity index (χ3v) is 11.3. The van der Waals surface area contributed by atoms with Gasteiger partial charge in [0.25, 0.3) is 0 Å². The predicted molar refractivity (Wildman–Crippen MR) is 243 cm³/mol. The second kappa shape index (κ2) is 15.8. The van der Waals surface area contributed by atoms with Crippen molar-refractivity contribution in [3.8, 4) is 44.9 Å². The van der Waals surface area contributed by atoms with E-state index in [1.165, 1.54) is 38.6 Å². The van der Waals surface area contributed by atoms with Crippen LogP contribution in [0.3, 0.4) is 0 Å². The molecule has 11 rings (SSSR count). The molecule has 6 heteroatoms. The largest absolute Gasteiger partial charge is 0.498 e. The Morgan fingerprint density at radius 1 is 0.600 bits per heavy atom. The average molecular weight is 953 g/mol. The van der Waals surface area contributed by atoms with Gasteiger partial charge >= 0.3 is 0 Å². The third-order valence-electron chi connectivity index (χ3n) is 11.3. The van der Waals surface area contributed by atoms with Gasteiger partial charge in [0.05, 0.1) is 22.4 Å². The number of hydrogen-bond donors (Lipinski definition) is 0. The van der Waals surface area contributed by atoms with Crippen molar-refractivity contribution in [2.45, 2.75) is 27.7 Å². The van der Waals surface area contributed by atoms with E-state index in [0.29, 0.717) is 0 Å². The van der Waals surface area contributed by atoms with Crippen molar-refractivity contribution in [1.82, 2.24) is 19.5 Å². The topological polar surface area (TPSA) is 56.7 Å². The summed E-state index contributed by atoms with van der Waals surface area (Å²) in [5.74, 6) is 0.964.